The standard InChI is InChI=1S/C14H14F2N4O2S2/c1-2-7-17-13-19-20-14(24-13)23-8-11(21)18-9-3-5-10(6-4-9)22-12(15)16/h2-6,12H,1,7-8H2,(H,17,19)(H,18,21). The van der Waals surface area contributed by atoms with Crippen molar-refractivity contribution in [2.75, 3.05) is 22.9 Å². The lowest BCUT2D eigenvalue weighted by Gasteiger charge is -2.07. The molecule has 24 heavy (non-hydrogen) atoms. The molecule has 0 atom stereocenters. The topological polar surface area (TPSA) is 76.1 Å². The van der Waals surface area contributed by atoms with E-state index in [0.29, 0.717) is 21.7 Å². The maximum Gasteiger partial charge on any atom is 0.387 e. The van der Waals surface area contributed by atoms with E-state index < -0.39 is 6.61 Å². The predicted molar refractivity (Wildman–Crippen MR) is 91.0 cm³/mol. The van der Waals surface area contributed by atoms with Crippen LogP contribution in [0.5, 0.6) is 5.75 Å². The predicted octanol–water partition coefficient (Wildman–Crippen LogP) is 3.47. The number of nitrogens with one attached hydrogen (secondary N) is 2. The smallest absolute Gasteiger partial charge is 0.387 e. The molecule has 0 aliphatic carbocycles. The van der Waals surface area contributed by atoms with Crippen LogP contribution in [-0.2, 0) is 4.79 Å². The first kappa shape index (κ1) is 18.1. The van der Waals surface area contributed by atoms with Crippen molar-refractivity contribution in [3.05, 3.63) is 36.9 Å². The van der Waals surface area contributed by atoms with Crippen molar-refractivity contribution in [2.45, 2.75) is 11.0 Å². The van der Waals surface area contributed by atoms with Crippen LogP contribution in [0.4, 0.5) is 19.6 Å². The first-order valence-corrected chi connectivity index (χ1v) is 8.53. The van der Waals surface area contributed by atoms with E-state index in [1.165, 1.54) is 47.4 Å². The van der Waals surface area contributed by atoms with Crippen LogP contribution in [0, 0.1) is 0 Å². The SMILES string of the molecule is C=CCNc1nnc(SCC(=O)Nc2ccc(OC(F)F)cc2)s1. The van der Waals surface area contributed by atoms with Crippen molar-refractivity contribution >= 4 is 39.8 Å². The highest BCUT2D eigenvalue weighted by atomic mass is 32.2. The molecule has 0 saturated carbocycles. The van der Waals surface area contributed by atoms with Crippen molar-refractivity contribution in [2.24, 2.45) is 0 Å². The largest absolute Gasteiger partial charge is 0.435 e. The summed E-state index contributed by atoms with van der Waals surface area (Å²) in [6.07, 6.45) is 1.71. The van der Waals surface area contributed by atoms with Crippen LogP contribution in [0.1, 0.15) is 0 Å². The maximum absolute atomic E-state index is 12.0. The average molecular weight is 372 g/mol. The van der Waals surface area contributed by atoms with Gasteiger partial charge in [-0.2, -0.15) is 8.78 Å². The summed E-state index contributed by atoms with van der Waals surface area (Å²) in [5.41, 5.74) is 0.493. The molecule has 0 aliphatic rings. The fourth-order valence-corrected chi connectivity index (χ4v) is 3.10. The fourth-order valence-electron chi connectivity index (χ4n) is 1.54. The lowest BCUT2D eigenvalue weighted by atomic mass is 10.3. The summed E-state index contributed by atoms with van der Waals surface area (Å²) in [7, 11) is 0. The summed E-state index contributed by atoms with van der Waals surface area (Å²) in [6, 6.07) is 5.69. The molecule has 0 bridgehead atoms. The van der Waals surface area contributed by atoms with Gasteiger partial charge in [-0.3, -0.25) is 4.79 Å². The third-order valence-electron chi connectivity index (χ3n) is 2.49. The molecule has 2 rings (SSSR count). The maximum atomic E-state index is 12.0. The number of anilines is 2. The van der Waals surface area contributed by atoms with E-state index >= 15 is 0 Å². The number of nitrogens with zero attached hydrogens (tertiary/aromatic N) is 2. The van der Waals surface area contributed by atoms with Gasteiger partial charge in [0.1, 0.15) is 5.75 Å². The first-order chi connectivity index (χ1) is 11.6. The highest BCUT2D eigenvalue weighted by molar-refractivity contribution is 8.01. The number of ether oxygens (including phenoxy) is 1. The highest BCUT2D eigenvalue weighted by Crippen LogP contribution is 2.25. The molecule has 0 unspecified atom stereocenters. The number of hydrogen-bond donors (Lipinski definition) is 2. The van der Waals surface area contributed by atoms with Crippen molar-refractivity contribution in [3.8, 4) is 5.75 Å². The lowest BCUT2D eigenvalue weighted by Crippen LogP contribution is -2.13. The van der Waals surface area contributed by atoms with Gasteiger partial charge in [0.25, 0.3) is 0 Å². The molecule has 0 fully saturated rings. The molecule has 1 amide bonds. The number of carbonyl (C=O) groups excluding carboxylic acids is 1. The van der Waals surface area contributed by atoms with Gasteiger partial charge in [0, 0.05) is 12.2 Å². The Morgan fingerprint density at radius 3 is 2.79 bits per heavy atom. The second kappa shape index (κ2) is 9.18. The Bertz CT molecular complexity index is 680. The van der Waals surface area contributed by atoms with E-state index in [4.69, 9.17) is 0 Å². The Morgan fingerprint density at radius 1 is 1.38 bits per heavy atom. The molecule has 0 saturated heterocycles. The molecule has 10 heteroatoms. The Labute approximate surface area is 145 Å². The normalized spacial score (nSPS) is 10.5. The zero-order valence-corrected chi connectivity index (χ0v) is 14.0. The van der Waals surface area contributed by atoms with Crippen LogP contribution in [0.3, 0.4) is 0 Å². The van der Waals surface area contributed by atoms with E-state index in [1.807, 2.05) is 0 Å². The molecule has 2 aromatic rings. The summed E-state index contributed by atoms with van der Waals surface area (Å²) in [4.78, 5) is 11.9. The van der Waals surface area contributed by atoms with E-state index in [-0.39, 0.29) is 17.4 Å². The number of alkyl halides is 2. The van der Waals surface area contributed by atoms with Crippen molar-refractivity contribution in [1.29, 1.82) is 0 Å². The number of carbonyl (C=O) groups is 1. The van der Waals surface area contributed by atoms with E-state index in [9.17, 15) is 13.6 Å². The van der Waals surface area contributed by atoms with E-state index in [1.54, 1.807) is 6.08 Å². The van der Waals surface area contributed by atoms with Crippen LogP contribution in [-0.4, -0.2) is 35.0 Å². The lowest BCUT2D eigenvalue weighted by molar-refractivity contribution is -0.113. The van der Waals surface area contributed by atoms with Gasteiger partial charge in [0.05, 0.1) is 5.75 Å². The third-order valence-corrected chi connectivity index (χ3v) is 4.51. The summed E-state index contributed by atoms with van der Waals surface area (Å²) in [5, 5.41) is 14.2. The van der Waals surface area contributed by atoms with E-state index in [2.05, 4.69) is 32.1 Å². The second-order valence-corrected chi connectivity index (χ2v) is 6.48. The quantitative estimate of drug-likeness (QED) is 0.519. The van der Waals surface area contributed by atoms with Gasteiger partial charge in [-0.15, -0.1) is 16.8 Å². The van der Waals surface area contributed by atoms with Gasteiger partial charge in [0.15, 0.2) is 4.34 Å². The molecular formula is C14H14F2N4O2S2. The third kappa shape index (κ3) is 6.13. The van der Waals surface area contributed by atoms with Gasteiger partial charge in [-0.05, 0) is 24.3 Å². The number of thioether (sulfide) groups is 1. The number of aromatic nitrogens is 2. The minimum absolute atomic E-state index is 0.0331. The Balaban J connectivity index is 1.78. The first-order valence-electron chi connectivity index (χ1n) is 6.72. The van der Waals surface area contributed by atoms with Crippen LogP contribution in [0.25, 0.3) is 0 Å². The summed E-state index contributed by atoms with van der Waals surface area (Å²) >= 11 is 2.60. The molecule has 1 heterocycles. The molecule has 0 radical (unpaired) electrons. The van der Waals surface area contributed by atoms with Gasteiger partial charge >= 0.3 is 6.61 Å². The molecule has 0 spiro atoms. The average Bonchev–Trinajstić information content (AvgIpc) is 3.00. The molecule has 1 aromatic heterocycles. The van der Waals surface area contributed by atoms with Gasteiger partial charge in [-0.1, -0.05) is 29.2 Å². The van der Waals surface area contributed by atoms with Crippen LogP contribution in [0.15, 0.2) is 41.3 Å². The van der Waals surface area contributed by atoms with E-state index in [0.717, 1.165) is 0 Å². The minimum Gasteiger partial charge on any atom is -0.435 e. The molecule has 2 N–H and O–H groups in total. The number of rotatable bonds is 9. The number of amides is 1. The molecule has 1 aromatic carbocycles. The van der Waals surface area contributed by atoms with Gasteiger partial charge < -0.3 is 15.4 Å². The number of benzene rings is 1. The van der Waals surface area contributed by atoms with Crippen LogP contribution < -0.4 is 15.4 Å². The molecule has 128 valence electrons. The van der Waals surface area contributed by atoms with Crippen molar-refractivity contribution in [3.63, 3.8) is 0 Å². The Hall–Kier alpha value is -2.20. The zero-order valence-electron chi connectivity index (χ0n) is 12.4. The van der Waals surface area contributed by atoms with Gasteiger partial charge in [0.2, 0.25) is 11.0 Å². The van der Waals surface area contributed by atoms with Gasteiger partial charge in [-0.25, -0.2) is 0 Å². The Morgan fingerprint density at radius 2 is 2.12 bits per heavy atom. The number of halogens is 2. The Kier molecular flexibility index (Phi) is 6.94. The summed E-state index contributed by atoms with van der Waals surface area (Å²) in [5.74, 6) is -0.0464. The minimum atomic E-state index is -2.88. The molecular weight excluding hydrogens is 358 g/mol. The summed E-state index contributed by atoms with van der Waals surface area (Å²) < 4.78 is 29.0. The summed E-state index contributed by atoms with van der Waals surface area (Å²) in [6.45, 7) is 1.31. The number of hydrogen-bond acceptors (Lipinski definition) is 7. The monoisotopic (exact) mass is 372 g/mol. The van der Waals surface area contributed by atoms with Crippen molar-refractivity contribution in [1.82, 2.24) is 10.2 Å². The van der Waals surface area contributed by atoms with Crippen LogP contribution in [0.2, 0.25) is 0 Å². The fraction of sp³-hybridized carbons (Fsp3) is 0.214. The zero-order chi connectivity index (χ0) is 17.4. The van der Waals surface area contributed by atoms with Crippen LogP contribution >= 0.6 is 23.1 Å². The highest BCUT2D eigenvalue weighted by Gasteiger charge is 2.09. The molecule has 0 aliphatic heterocycles. The molecule has 6 nitrogen and oxygen atoms in total. The second-order valence-electron chi connectivity index (χ2n) is 4.28. The van der Waals surface area contributed by atoms with Crippen molar-refractivity contribution < 1.29 is 18.3 Å².